The summed E-state index contributed by atoms with van der Waals surface area (Å²) in [4.78, 5) is 29.9. The number of amides is 2. The average Bonchev–Trinajstić information content (AvgIpc) is 2.83. The number of hydrogen-bond acceptors (Lipinski definition) is 3. The molecule has 1 aliphatic heterocycles. The number of carbonyl (C=O) groups is 2. The lowest BCUT2D eigenvalue weighted by Gasteiger charge is -2.31. The molecule has 32 heavy (non-hydrogen) atoms. The van der Waals surface area contributed by atoms with Crippen LogP contribution in [0, 0.1) is 5.92 Å². The number of ether oxygens (including phenoxy) is 1. The zero-order valence-corrected chi connectivity index (χ0v) is 18.2. The molecule has 2 unspecified atom stereocenters. The van der Waals surface area contributed by atoms with Gasteiger partial charge in [0.15, 0.2) is 0 Å². The van der Waals surface area contributed by atoms with E-state index in [0.29, 0.717) is 23.6 Å². The van der Waals surface area contributed by atoms with E-state index in [1.807, 2.05) is 84.9 Å². The summed E-state index contributed by atoms with van der Waals surface area (Å²) in [5.74, 6) is -1.14. The summed E-state index contributed by atoms with van der Waals surface area (Å²) in [5.41, 5.74) is 3.16. The highest BCUT2D eigenvalue weighted by atomic mass is 35.5. The number of aryl methyl sites for hydroxylation is 1. The molecular weight excluding hydrogens is 424 g/mol. The number of halogens is 1. The van der Waals surface area contributed by atoms with Crippen molar-refractivity contribution in [2.75, 3.05) is 0 Å². The minimum atomic E-state index is -0.721. The molecule has 3 aromatic rings. The predicted octanol–water partition coefficient (Wildman–Crippen LogP) is 5.54. The average molecular weight is 447 g/mol. The van der Waals surface area contributed by atoms with Gasteiger partial charge in [-0.1, -0.05) is 90.5 Å². The van der Waals surface area contributed by atoms with Crippen LogP contribution in [0.1, 0.15) is 29.2 Å². The third-order valence-corrected chi connectivity index (χ3v) is 5.83. The molecule has 1 aliphatic rings. The number of rotatable bonds is 7. The molecule has 0 aromatic heterocycles. The second-order valence-electron chi connectivity index (χ2n) is 7.60. The molecule has 0 bridgehead atoms. The maximum Gasteiger partial charge on any atom is 0.341 e. The number of hydrogen-bond donors (Lipinski definition) is 1. The molecular formula is C26H23ClN2O3. The Morgan fingerprint density at radius 2 is 1.56 bits per heavy atom. The van der Waals surface area contributed by atoms with Crippen molar-refractivity contribution in [3.63, 3.8) is 0 Å². The first-order chi connectivity index (χ1) is 15.6. The van der Waals surface area contributed by atoms with Crippen LogP contribution in [0.2, 0.25) is 5.02 Å². The first-order valence-corrected chi connectivity index (χ1v) is 10.9. The van der Waals surface area contributed by atoms with Gasteiger partial charge < -0.3 is 10.1 Å². The van der Waals surface area contributed by atoms with Crippen LogP contribution in [-0.2, 0) is 22.6 Å². The van der Waals surface area contributed by atoms with Gasteiger partial charge in [0.1, 0.15) is 12.5 Å². The van der Waals surface area contributed by atoms with Crippen LogP contribution >= 0.6 is 11.6 Å². The highest BCUT2D eigenvalue weighted by Gasteiger charge is 2.39. The molecule has 1 N–H and O–H groups in total. The minimum absolute atomic E-state index is 0.156. The van der Waals surface area contributed by atoms with Crippen molar-refractivity contribution in [2.24, 2.45) is 10.9 Å². The van der Waals surface area contributed by atoms with E-state index in [9.17, 15) is 9.59 Å². The van der Waals surface area contributed by atoms with Gasteiger partial charge in [0.2, 0.25) is 0 Å². The first-order valence-electron chi connectivity index (χ1n) is 10.5. The van der Waals surface area contributed by atoms with Crippen molar-refractivity contribution in [1.29, 1.82) is 0 Å². The van der Waals surface area contributed by atoms with Crippen molar-refractivity contribution < 1.29 is 14.3 Å². The lowest BCUT2D eigenvalue weighted by atomic mass is 9.85. The van der Waals surface area contributed by atoms with Gasteiger partial charge in [-0.3, -0.25) is 4.79 Å². The second kappa shape index (κ2) is 10.2. The number of nitrogens with one attached hydrogen (secondary N) is 1. The number of nitrogens with zero attached hydrogens (tertiary/aromatic N) is 1. The third kappa shape index (κ3) is 5.24. The van der Waals surface area contributed by atoms with Gasteiger partial charge in [-0.15, -0.1) is 0 Å². The zero-order valence-electron chi connectivity index (χ0n) is 17.4. The van der Waals surface area contributed by atoms with Gasteiger partial charge in [-0.2, -0.15) is 0 Å². The quantitative estimate of drug-likeness (QED) is 0.484. The molecule has 3 aromatic carbocycles. The maximum atomic E-state index is 13.3. The molecule has 0 spiro atoms. The van der Waals surface area contributed by atoms with Gasteiger partial charge in [-0.05, 0) is 35.6 Å². The molecule has 2 amide bonds. The Balaban J connectivity index is 1.59. The number of aliphatic imine (C=N–C) groups is 1. The third-order valence-electron chi connectivity index (χ3n) is 5.46. The molecule has 0 saturated carbocycles. The van der Waals surface area contributed by atoms with Gasteiger partial charge in [-0.25, -0.2) is 9.79 Å². The van der Waals surface area contributed by atoms with Gasteiger partial charge in [0.05, 0.1) is 6.04 Å². The van der Waals surface area contributed by atoms with E-state index in [-0.39, 0.29) is 6.61 Å². The van der Waals surface area contributed by atoms with E-state index >= 15 is 0 Å². The monoisotopic (exact) mass is 446 g/mol. The Labute approximate surface area is 192 Å². The molecule has 1 heterocycles. The molecule has 0 radical (unpaired) electrons. The van der Waals surface area contributed by atoms with Crippen LogP contribution in [0.3, 0.4) is 0 Å². The zero-order chi connectivity index (χ0) is 22.3. The summed E-state index contributed by atoms with van der Waals surface area (Å²) in [6, 6.07) is 25.5. The van der Waals surface area contributed by atoms with Crippen LogP contribution < -0.4 is 5.32 Å². The molecule has 2 atom stereocenters. The summed E-state index contributed by atoms with van der Waals surface area (Å²) in [6.45, 7) is 0.156. The van der Waals surface area contributed by atoms with Crippen LogP contribution in [0.4, 0.5) is 4.79 Å². The molecule has 0 aliphatic carbocycles. The van der Waals surface area contributed by atoms with Crippen molar-refractivity contribution in [2.45, 2.75) is 25.5 Å². The fourth-order valence-corrected chi connectivity index (χ4v) is 4.07. The Bertz CT molecular complexity index is 1120. The molecule has 162 valence electrons. The highest BCUT2D eigenvalue weighted by molar-refractivity contribution is 6.31. The number of esters is 1. The van der Waals surface area contributed by atoms with Crippen LogP contribution in [0.15, 0.2) is 89.9 Å². The summed E-state index contributed by atoms with van der Waals surface area (Å²) >= 11 is 6.30. The summed E-state index contributed by atoms with van der Waals surface area (Å²) < 4.78 is 5.66. The fraction of sp³-hybridized carbons (Fsp3) is 0.192. The first kappa shape index (κ1) is 21.8. The predicted molar refractivity (Wildman–Crippen MR) is 125 cm³/mol. The Hall–Kier alpha value is -3.44. The number of urea groups is 1. The van der Waals surface area contributed by atoms with E-state index in [2.05, 4.69) is 10.3 Å². The fourth-order valence-electron chi connectivity index (χ4n) is 3.84. The molecule has 4 rings (SSSR count). The Morgan fingerprint density at radius 1 is 0.906 bits per heavy atom. The van der Waals surface area contributed by atoms with Gasteiger partial charge in [0.25, 0.3) is 0 Å². The standard InChI is InChI=1S/C26H23ClN2O3/c27-21-14-8-7-11-19(21)15-16-22-23(25(30)32-17-18-9-3-1-4-10-18)24(29-26(31)28-22)20-12-5-2-6-13-20/h1-14,23-24H,15-17H2,(H,29,31). The normalized spacial score (nSPS) is 17.9. The number of benzene rings is 3. The Morgan fingerprint density at radius 3 is 2.28 bits per heavy atom. The van der Waals surface area contributed by atoms with Crippen molar-refractivity contribution >= 4 is 29.3 Å². The second-order valence-corrected chi connectivity index (χ2v) is 8.01. The van der Waals surface area contributed by atoms with E-state index < -0.39 is 24.0 Å². The molecule has 6 heteroatoms. The van der Waals surface area contributed by atoms with Crippen molar-refractivity contribution in [3.8, 4) is 0 Å². The van der Waals surface area contributed by atoms with E-state index in [0.717, 1.165) is 16.7 Å². The summed E-state index contributed by atoms with van der Waals surface area (Å²) in [5, 5.41) is 3.50. The summed E-state index contributed by atoms with van der Waals surface area (Å²) in [6.07, 6.45) is 0.987. The topological polar surface area (TPSA) is 67.8 Å². The van der Waals surface area contributed by atoms with Crippen molar-refractivity contribution in [1.82, 2.24) is 5.32 Å². The van der Waals surface area contributed by atoms with Crippen molar-refractivity contribution in [3.05, 3.63) is 107 Å². The smallest absolute Gasteiger partial charge is 0.341 e. The van der Waals surface area contributed by atoms with Crippen LogP contribution in [-0.4, -0.2) is 17.7 Å². The van der Waals surface area contributed by atoms with E-state index in [1.54, 1.807) is 0 Å². The van der Waals surface area contributed by atoms with Gasteiger partial charge >= 0.3 is 12.0 Å². The maximum absolute atomic E-state index is 13.3. The molecule has 5 nitrogen and oxygen atoms in total. The lowest BCUT2D eigenvalue weighted by Crippen LogP contribution is -2.45. The van der Waals surface area contributed by atoms with Crippen LogP contribution in [0.25, 0.3) is 0 Å². The summed E-state index contributed by atoms with van der Waals surface area (Å²) in [7, 11) is 0. The largest absolute Gasteiger partial charge is 0.460 e. The minimum Gasteiger partial charge on any atom is -0.460 e. The van der Waals surface area contributed by atoms with E-state index in [4.69, 9.17) is 16.3 Å². The lowest BCUT2D eigenvalue weighted by molar-refractivity contribution is -0.148. The van der Waals surface area contributed by atoms with E-state index in [1.165, 1.54) is 0 Å². The number of carbonyl (C=O) groups excluding carboxylic acids is 2. The Kier molecular flexibility index (Phi) is 6.97. The SMILES string of the molecule is O=C1N=C(CCc2ccccc2Cl)C(C(=O)OCc2ccccc2)C(c2ccccc2)N1. The van der Waals surface area contributed by atoms with Gasteiger partial charge in [0, 0.05) is 10.7 Å². The molecule has 0 saturated heterocycles. The molecule has 0 fully saturated rings. The van der Waals surface area contributed by atoms with Crippen LogP contribution in [0.5, 0.6) is 0 Å². The highest BCUT2D eigenvalue weighted by Crippen LogP contribution is 2.30.